The summed E-state index contributed by atoms with van der Waals surface area (Å²) in [6.07, 6.45) is 0.756. The number of aliphatic hydroxyl groups excluding tert-OH is 1. The molecule has 0 aliphatic heterocycles. The summed E-state index contributed by atoms with van der Waals surface area (Å²) in [6.45, 7) is 4.14. The zero-order chi connectivity index (χ0) is 7.82. The van der Waals surface area contributed by atoms with Crippen LogP contribution in [0, 0.1) is 0 Å². The number of hydrogen-bond donors (Lipinski definition) is 2. The standard InChI is InChI=1S/C7H17NO2/c1-7(9)6-8-4-3-5-10-2/h7-9H,3-6H2,1-2H3/t7-/m1/s1. The lowest BCUT2D eigenvalue weighted by Gasteiger charge is -2.05. The first-order chi connectivity index (χ1) is 4.77. The van der Waals surface area contributed by atoms with Gasteiger partial charge in [0.15, 0.2) is 0 Å². The highest BCUT2D eigenvalue weighted by Crippen LogP contribution is 1.78. The Balaban J connectivity index is 2.77. The van der Waals surface area contributed by atoms with Gasteiger partial charge < -0.3 is 15.2 Å². The van der Waals surface area contributed by atoms with Crippen molar-refractivity contribution in [2.45, 2.75) is 19.4 Å². The number of nitrogens with one attached hydrogen (secondary N) is 1. The topological polar surface area (TPSA) is 41.5 Å². The Kier molecular flexibility index (Phi) is 6.91. The summed E-state index contributed by atoms with van der Waals surface area (Å²) in [5.41, 5.74) is 0. The lowest BCUT2D eigenvalue weighted by Crippen LogP contribution is -2.25. The minimum atomic E-state index is -0.248. The lowest BCUT2D eigenvalue weighted by atomic mass is 10.4. The van der Waals surface area contributed by atoms with Crippen LogP contribution in [-0.4, -0.2) is 38.0 Å². The van der Waals surface area contributed by atoms with Crippen molar-refractivity contribution in [3.8, 4) is 0 Å². The van der Waals surface area contributed by atoms with E-state index in [1.807, 2.05) is 0 Å². The number of aliphatic hydroxyl groups is 1. The molecule has 3 heteroatoms. The molecule has 0 saturated carbocycles. The van der Waals surface area contributed by atoms with E-state index in [-0.39, 0.29) is 6.10 Å². The van der Waals surface area contributed by atoms with E-state index >= 15 is 0 Å². The molecule has 0 rings (SSSR count). The van der Waals surface area contributed by atoms with Crippen LogP contribution in [0.1, 0.15) is 13.3 Å². The van der Waals surface area contributed by atoms with E-state index in [4.69, 9.17) is 9.84 Å². The molecule has 10 heavy (non-hydrogen) atoms. The average molecular weight is 147 g/mol. The van der Waals surface area contributed by atoms with E-state index in [0.29, 0.717) is 6.54 Å². The fourth-order valence-corrected chi connectivity index (χ4v) is 0.652. The van der Waals surface area contributed by atoms with Gasteiger partial charge in [-0.05, 0) is 19.9 Å². The molecule has 0 amide bonds. The molecule has 2 N–H and O–H groups in total. The van der Waals surface area contributed by atoms with Gasteiger partial charge in [0.05, 0.1) is 6.10 Å². The molecular formula is C7H17NO2. The van der Waals surface area contributed by atoms with E-state index in [9.17, 15) is 0 Å². The maximum absolute atomic E-state index is 8.82. The summed E-state index contributed by atoms with van der Waals surface area (Å²) in [4.78, 5) is 0. The second kappa shape index (κ2) is 6.99. The van der Waals surface area contributed by atoms with Gasteiger partial charge in [-0.2, -0.15) is 0 Å². The van der Waals surface area contributed by atoms with E-state index in [1.54, 1.807) is 14.0 Å². The van der Waals surface area contributed by atoms with Crippen LogP contribution >= 0.6 is 0 Å². The smallest absolute Gasteiger partial charge is 0.0636 e. The number of ether oxygens (including phenoxy) is 1. The van der Waals surface area contributed by atoms with Crippen LogP contribution in [0.3, 0.4) is 0 Å². The van der Waals surface area contributed by atoms with Gasteiger partial charge in [-0.15, -0.1) is 0 Å². The quantitative estimate of drug-likeness (QED) is 0.519. The van der Waals surface area contributed by atoms with Gasteiger partial charge in [-0.1, -0.05) is 0 Å². The Labute approximate surface area is 62.4 Å². The van der Waals surface area contributed by atoms with E-state index < -0.39 is 0 Å². The fraction of sp³-hybridized carbons (Fsp3) is 1.00. The molecular weight excluding hydrogens is 130 g/mol. The zero-order valence-corrected chi connectivity index (χ0v) is 6.76. The molecule has 3 nitrogen and oxygen atoms in total. The Hall–Kier alpha value is -0.120. The molecule has 0 aromatic carbocycles. The van der Waals surface area contributed by atoms with Gasteiger partial charge in [0, 0.05) is 20.3 Å². The molecule has 0 unspecified atom stereocenters. The highest BCUT2D eigenvalue weighted by atomic mass is 16.5. The van der Waals surface area contributed by atoms with Crippen LogP contribution in [0.4, 0.5) is 0 Å². The third-order valence-corrected chi connectivity index (χ3v) is 1.14. The van der Waals surface area contributed by atoms with Gasteiger partial charge in [0.1, 0.15) is 0 Å². The van der Waals surface area contributed by atoms with E-state index in [2.05, 4.69) is 5.32 Å². The summed E-state index contributed by atoms with van der Waals surface area (Å²) < 4.78 is 4.85. The molecule has 0 aromatic rings. The zero-order valence-electron chi connectivity index (χ0n) is 6.76. The number of hydrogen-bond acceptors (Lipinski definition) is 3. The predicted octanol–water partition coefficient (Wildman–Crippen LogP) is -0.00670. The van der Waals surface area contributed by atoms with Gasteiger partial charge in [-0.25, -0.2) is 0 Å². The first-order valence-corrected chi connectivity index (χ1v) is 3.65. The van der Waals surface area contributed by atoms with Crippen molar-refractivity contribution in [3.63, 3.8) is 0 Å². The van der Waals surface area contributed by atoms with Crippen LogP contribution in [0.2, 0.25) is 0 Å². The predicted molar refractivity (Wildman–Crippen MR) is 41.0 cm³/mol. The Bertz CT molecular complexity index is 66.6. The summed E-state index contributed by atoms with van der Waals surface area (Å²) in [5, 5.41) is 11.9. The Morgan fingerprint density at radius 2 is 2.30 bits per heavy atom. The summed E-state index contributed by atoms with van der Waals surface area (Å²) in [7, 11) is 1.69. The van der Waals surface area contributed by atoms with Crippen molar-refractivity contribution in [3.05, 3.63) is 0 Å². The molecule has 0 bridgehead atoms. The van der Waals surface area contributed by atoms with Crippen molar-refractivity contribution < 1.29 is 9.84 Å². The molecule has 0 aromatic heterocycles. The minimum Gasteiger partial charge on any atom is -0.392 e. The van der Waals surface area contributed by atoms with Crippen LogP contribution in [0.5, 0.6) is 0 Å². The van der Waals surface area contributed by atoms with Crippen molar-refractivity contribution in [1.82, 2.24) is 5.32 Å². The molecule has 0 spiro atoms. The molecule has 0 radical (unpaired) electrons. The Morgan fingerprint density at radius 3 is 2.80 bits per heavy atom. The molecule has 0 heterocycles. The summed E-state index contributed by atoms with van der Waals surface area (Å²) >= 11 is 0. The molecule has 0 fully saturated rings. The highest BCUT2D eigenvalue weighted by molar-refractivity contribution is 4.51. The van der Waals surface area contributed by atoms with E-state index in [0.717, 1.165) is 19.6 Å². The SMILES string of the molecule is COCCCNC[C@@H](C)O. The van der Waals surface area contributed by atoms with E-state index in [1.165, 1.54) is 0 Å². The molecule has 0 saturated heterocycles. The Morgan fingerprint density at radius 1 is 1.60 bits per heavy atom. The average Bonchev–Trinajstić information content (AvgIpc) is 1.87. The second-order valence-electron chi connectivity index (χ2n) is 2.40. The van der Waals surface area contributed by atoms with Gasteiger partial charge in [0.25, 0.3) is 0 Å². The van der Waals surface area contributed by atoms with Crippen LogP contribution in [0.25, 0.3) is 0 Å². The molecule has 0 aliphatic carbocycles. The summed E-state index contributed by atoms with van der Waals surface area (Å²) in [5.74, 6) is 0. The minimum absolute atomic E-state index is 0.248. The number of rotatable bonds is 6. The summed E-state index contributed by atoms with van der Waals surface area (Å²) in [6, 6.07) is 0. The first-order valence-electron chi connectivity index (χ1n) is 3.65. The van der Waals surface area contributed by atoms with Crippen LogP contribution in [-0.2, 0) is 4.74 Å². The number of methoxy groups -OCH3 is 1. The van der Waals surface area contributed by atoms with Crippen molar-refractivity contribution in [2.24, 2.45) is 0 Å². The molecule has 0 aliphatic rings. The van der Waals surface area contributed by atoms with Gasteiger partial charge in [-0.3, -0.25) is 0 Å². The third kappa shape index (κ3) is 7.88. The van der Waals surface area contributed by atoms with Crippen molar-refractivity contribution >= 4 is 0 Å². The first kappa shape index (κ1) is 9.88. The third-order valence-electron chi connectivity index (χ3n) is 1.14. The van der Waals surface area contributed by atoms with Crippen molar-refractivity contribution in [2.75, 3.05) is 26.8 Å². The van der Waals surface area contributed by atoms with Crippen LogP contribution in [0.15, 0.2) is 0 Å². The monoisotopic (exact) mass is 147 g/mol. The van der Waals surface area contributed by atoms with Crippen molar-refractivity contribution in [1.29, 1.82) is 0 Å². The lowest BCUT2D eigenvalue weighted by molar-refractivity contribution is 0.179. The van der Waals surface area contributed by atoms with Gasteiger partial charge >= 0.3 is 0 Å². The van der Waals surface area contributed by atoms with Gasteiger partial charge in [0.2, 0.25) is 0 Å². The molecule has 1 atom stereocenters. The molecule has 62 valence electrons. The van der Waals surface area contributed by atoms with Crippen LogP contribution < -0.4 is 5.32 Å². The fourth-order valence-electron chi connectivity index (χ4n) is 0.652. The highest BCUT2D eigenvalue weighted by Gasteiger charge is 1.92. The maximum atomic E-state index is 8.82. The maximum Gasteiger partial charge on any atom is 0.0636 e. The largest absolute Gasteiger partial charge is 0.392 e. The normalized spacial score (nSPS) is 13.5. The second-order valence-corrected chi connectivity index (χ2v) is 2.40.